The topological polar surface area (TPSA) is 63.8 Å². The molecule has 0 atom stereocenters. The predicted molar refractivity (Wildman–Crippen MR) is 86.8 cm³/mol. The fourth-order valence-electron chi connectivity index (χ4n) is 1.51. The van der Waals surface area contributed by atoms with Gasteiger partial charge in [0.1, 0.15) is 16.7 Å². The molecular weight excluding hydrogens is 336 g/mol. The third-order valence-corrected chi connectivity index (χ3v) is 4.01. The Morgan fingerprint density at radius 2 is 1.80 bits per heavy atom. The maximum atomic E-state index is 5.49. The van der Waals surface area contributed by atoms with E-state index in [1.54, 1.807) is 11.8 Å². The van der Waals surface area contributed by atoms with Crippen LogP contribution in [-0.2, 0) is 5.41 Å². The zero-order chi connectivity index (χ0) is 14.8. The van der Waals surface area contributed by atoms with Gasteiger partial charge in [-0.05, 0) is 24.3 Å². The van der Waals surface area contributed by atoms with Crippen molar-refractivity contribution in [3.63, 3.8) is 0 Å². The third-order valence-electron chi connectivity index (χ3n) is 2.56. The second-order valence-electron chi connectivity index (χ2n) is 5.37. The molecule has 0 saturated carbocycles. The molecule has 106 valence electrons. The smallest absolute Gasteiger partial charge is 0.144 e. The fraction of sp³-hybridized carbons (Fsp3) is 0.286. The van der Waals surface area contributed by atoms with Gasteiger partial charge in [-0.25, -0.2) is 15.8 Å². The summed E-state index contributed by atoms with van der Waals surface area (Å²) in [5, 5.41) is 0.875. The van der Waals surface area contributed by atoms with Crippen LogP contribution in [0.3, 0.4) is 0 Å². The molecule has 0 unspecified atom stereocenters. The van der Waals surface area contributed by atoms with Gasteiger partial charge in [0.15, 0.2) is 0 Å². The van der Waals surface area contributed by atoms with Crippen molar-refractivity contribution >= 4 is 33.5 Å². The van der Waals surface area contributed by atoms with Gasteiger partial charge in [-0.2, -0.15) is 0 Å². The highest BCUT2D eigenvalue weighted by Crippen LogP contribution is 2.30. The van der Waals surface area contributed by atoms with E-state index in [1.807, 2.05) is 30.3 Å². The molecule has 20 heavy (non-hydrogen) atoms. The van der Waals surface area contributed by atoms with Crippen LogP contribution in [0.4, 0.5) is 5.82 Å². The number of hydrogen-bond acceptors (Lipinski definition) is 5. The molecule has 0 aliphatic heterocycles. The van der Waals surface area contributed by atoms with Crippen molar-refractivity contribution in [2.45, 2.75) is 36.1 Å². The Morgan fingerprint density at radius 1 is 1.15 bits per heavy atom. The molecule has 6 heteroatoms. The summed E-state index contributed by atoms with van der Waals surface area (Å²) in [5.74, 6) is 6.89. The fourth-order valence-corrected chi connectivity index (χ4v) is 2.59. The number of nitrogens with two attached hydrogens (primary N) is 1. The van der Waals surface area contributed by atoms with Gasteiger partial charge in [0.05, 0.1) is 0 Å². The Bertz CT molecular complexity index is 593. The van der Waals surface area contributed by atoms with Gasteiger partial charge in [0.25, 0.3) is 0 Å². The molecule has 0 saturated heterocycles. The highest BCUT2D eigenvalue weighted by Gasteiger charge is 2.19. The standard InChI is InChI=1S/C14H17BrN4S/c1-14(2,3)13-17-11(19-16)8-12(18-13)20-10-6-4-9(15)5-7-10/h4-8H,16H2,1-3H3,(H,17,18,19). The van der Waals surface area contributed by atoms with Crippen LogP contribution in [-0.4, -0.2) is 9.97 Å². The lowest BCUT2D eigenvalue weighted by molar-refractivity contribution is 0.539. The van der Waals surface area contributed by atoms with Gasteiger partial charge in [0.2, 0.25) is 0 Å². The van der Waals surface area contributed by atoms with Gasteiger partial charge in [-0.1, -0.05) is 48.5 Å². The Kier molecular flexibility index (Phi) is 4.67. The first kappa shape index (κ1) is 15.3. The van der Waals surface area contributed by atoms with E-state index in [-0.39, 0.29) is 5.41 Å². The SMILES string of the molecule is CC(C)(C)c1nc(NN)cc(Sc2ccc(Br)cc2)n1. The second kappa shape index (κ2) is 6.11. The van der Waals surface area contributed by atoms with Gasteiger partial charge in [-0.15, -0.1) is 0 Å². The molecule has 0 radical (unpaired) electrons. The van der Waals surface area contributed by atoms with Gasteiger partial charge in [0, 0.05) is 20.8 Å². The number of nitrogens with zero attached hydrogens (tertiary/aromatic N) is 2. The van der Waals surface area contributed by atoms with Crippen LogP contribution in [0.2, 0.25) is 0 Å². The lowest BCUT2D eigenvalue weighted by atomic mass is 9.96. The molecular formula is C14H17BrN4S. The molecule has 3 N–H and O–H groups in total. The molecule has 1 heterocycles. The number of nitrogen functional groups attached to an aromatic ring is 1. The maximum Gasteiger partial charge on any atom is 0.144 e. The van der Waals surface area contributed by atoms with Crippen LogP contribution in [0.1, 0.15) is 26.6 Å². The second-order valence-corrected chi connectivity index (χ2v) is 7.37. The number of aromatic nitrogens is 2. The first-order valence-corrected chi connectivity index (χ1v) is 7.79. The third kappa shape index (κ3) is 3.94. The van der Waals surface area contributed by atoms with Crippen LogP contribution in [0, 0.1) is 0 Å². The van der Waals surface area contributed by atoms with Crippen molar-refractivity contribution in [3.8, 4) is 0 Å². The highest BCUT2D eigenvalue weighted by molar-refractivity contribution is 9.10. The summed E-state index contributed by atoms with van der Waals surface area (Å²) in [5.41, 5.74) is 2.48. The first-order chi connectivity index (χ1) is 9.38. The Labute approximate surface area is 131 Å². The van der Waals surface area contributed by atoms with E-state index in [9.17, 15) is 0 Å². The highest BCUT2D eigenvalue weighted by atomic mass is 79.9. The summed E-state index contributed by atoms with van der Waals surface area (Å²) in [6.07, 6.45) is 0. The monoisotopic (exact) mass is 352 g/mol. The lowest BCUT2D eigenvalue weighted by Crippen LogP contribution is -2.19. The van der Waals surface area contributed by atoms with E-state index in [2.05, 4.69) is 52.1 Å². The minimum atomic E-state index is -0.123. The van der Waals surface area contributed by atoms with E-state index in [0.29, 0.717) is 5.82 Å². The molecule has 2 aromatic rings. The molecule has 0 amide bonds. The van der Waals surface area contributed by atoms with E-state index in [0.717, 1.165) is 20.2 Å². The van der Waals surface area contributed by atoms with Crippen LogP contribution in [0.5, 0.6) is 0 Å². The summed E-state index contributed by atoms with van der Waals surface area (Å²) in [7, 11) is 0. The molecule has 4 nitrogen and oxygen atoms in total. The molecule has 1 aromatic heterocycles. The van der Waals surface area contributed by atoms with Crippen molar-refractivity contribution in [1.82, 2.24) is 9.97 Å². The quantitative estimate of drug-likeness (QED) is 0.497. The van der Waals surface area contributed by atoms with Crippen LogP contribution in [0.15, 0.2) is 44.7 Å². The molecule has 0 spiro atoms. The molecule has 2 rings (SSSR count). The molecule has 1 aromatic carbocycles. The number of anilines is 1. The van der Waals surface area contributed by atoms with Crippen molar-refractivity contribution in [1.29, 1.82) is 0 Å². The summed E-state index contributed by atoms with van der Waals surface area (Å²) in [6, 6.07) is 9.96. The van der Waals surface area contributed by atoms with Crippen molar-refractivity contribution in [2.24, 2.45) is 5.84 Å². The number of benzene rings is 1. The van der Waals surface area contributed by atoms with Crippen LogP contribution in [0.25, 0.3) is 0 Å². The Hall–Kier alpha value is -1.11. The summed E-state index contributed by atoms with van der Waals surface area (Å²) in [6.45, 7) is 6.24. The molecule has 0 aliphatic carbocycles. The normalized spacial score (nSPS) is 11.4. The Morgan fingerprint density at radius 3 is 2.35 bits per heavy atom. The Balaban J connectivity index is 2.33. The lowest BCUT2D eigenvalue weighted by Gasteiger charge is -2.18. The van der Waals surface area contributed by atoms with Crippen molar-refractivity contribution in [2.75, 3.05) is 5.43 Å². The number of nitrogens with one attached hydrogen (secondary N) is 1. The number of rotatable bonds is 3. The number of hydrogen-bond donors (Lipinski definition) is 2. The summed E-state index contributed by atoms with van der Waals surface area (Å²) in [4.78, 5) is 10.1. The molecule has 0 fully saturated rings. The largest absolute Gasteiger partial charge is 0.308 e. The minimum absolute atomic E-state index is 0.123. The van der Waals surface area contributed by atoms with E-state index < -0.39 is 0 Å². The average Bonchev–Trinajstić information content (AvgIpc) is 2.40. The predicted octanol–water partition coefficient (Wildman–Crippen LogP) is 3.97. The zero-order valence-electron chi connectivity index (χ0n) is 11.6. The van der Waals surface area contributed by atoms with Gasteiger partial charge < -0.3 is 5.43 Å². The average molecular weight is 353 g/mol. The van der Waals surface area contributed by atoms with Gasteiger partial charge >= 0.3 is 0 Å². The van der Waals surface area contributed by atoms with E-state index in [4.69, 9.17) is 5.84 Å². The summed E-state index contributed by atoms with van der Waals surface area (Å²) >= 11 is 5.02. The van der Waals surface area contributed by atoms with Crippen LogP contribution >= 0.6 is 27.7 Å². The first-order valence-electron chi connectivity index (χ1n) is 6.18. The maximum absolute atomic E-state index is 5.49. The molecule has 0 bridgehead atoms. The van der Waals surface area contributed by atoms with Gasteiger partial charge in [-0.3, -0.25) is 0 Å². The van der Waals surface area contributed by atoms with Crippen molar-refractivity contribution < 1.29 is 0 Å². The van der Waals surface area contributed by atoms with Crippen LogP contribution < -0.4 is 11.3 Å². The van der Waals surface area contributed by atoms with E-state index >= 15 is 0 Å². The molecule has 0 aliphatic rings. The number of hydrazine groups is 1. The number of halogens is 1. The summed E-state index contributed by atoms with van der Waals surface area (Å²) < 4.78 is 1.06. The van der Waals surface area contributed by atoms with E-state index in [1.165, 1.54) is 0 Å². The zero-order valence-corrected chi connectivity index (χ0v) is 14.0. The van der Waals surface area contributed by atoms with Crippen molar-refractivity contribution in [3.05, 3.63) is 40.6 Å². The minimum Gasteiger partial charge on any atom is -0.308 e.